The first-order valence-corrected chi connectivity index (χ1v) is 6.20. The molecule has 1 aliphatic heterocycles. The van der Waals surface area contributed by atoms with Crippen LogP contribution in [-0.2, 0) is 0 Å². The van der Waals surface area contributed by atoms with Gasteiger partial charge in [-0.2, -0.15) is 11.8 Å². The fourth-order valence-corrected chi connectivity index (χ4v) is 2.21. The molecule has 0 radical (unpaired) electrons. The molecule has 0 bridgehead atoms. The Bertz CT molecular complexity index is 131. The molecule has 76 valence electrons. The Morgan fingerprint density at radius 3 is 3.15 bits per heavy atom. The minimum atomic E-state index is 1.09. The summed E-state index contributed by atoms with van der Waals surface area (Å²) in [6.07, 6.45) is 3.28. The number of rotatable bonds is 5. The molecule has 0 atom stereocenters. The molecule has 0 aliphatic carbocycles. The standard InChI is InChI=1S/C10H20N2S/c1-2-9-13-10-8-12-6-3-4-11-5-7-12/h2,11H,1,3-10H2. The van der Waals surface area contributed by atoms with E-state index < -0.39 is 0 Å². The van der Waals surface area contributed by atoms with E-state index in [1.165, 1.54) is 38.4 Å². The van der Waals surface area contributed by atoms with Gasteiger partial charge in [0.25, 0.3) is 0 Å². The summed E-state index contributed by atoms with van der Waals surface area (Å²) in [5.74, 6) is 2.33. The maximum Gasteiger partial charge on any atom is 0.0111 e. The summed E-state index contributed by atoms with van der Waals surface area (Å²) in [4.78, 5) is 2.55. The Balaban J connectivity index is 2.01. The Kier molecular flexibility index (Phi) is 6.33. The van der Waals surface area contributed by atoms with E-state index in [1.54, 1.807) is 0 Å². The van der Waals surface area contributed by atoms with E-state index in [9.17, 15) is 0 Å². The molecular weight excluding hydrogens is 180 g/mol. The first-order valence-electron chi connectivity index (χ1n) is 5.05. The first kappa shape index (κ1) is 11.1. The van der Waals surface area contributed by atoms with Crippen LogP contribution in [0.5, 0.6) is 0 Å². The second-order valence-electron chi connectivity index (χ2n) is 3.31. The van der Waals surface area contributed by atoms with Crippen molar-refractivity contribution in [2.75, 3.05) is 44.2 Å². The highest BCUT2D eigenvalue weighted by Crippen LogP contribution is 2.02. The molecule has 0 aromatic heterocycles. The first-order chi connectivity index (χ1) is 6.43. The van der Waals surface area contributed by atoms with Crippen LogP contribution < -0.4 is 5.32 Å². The van der Waals surface area contributed by atoms with Gasteiger partial charge in [0.15, 0.2) is 0 Å². The predicted octanol–water partition coefficient (Wildman–Crippen LogP) is 1.20. The van der Waals surface area contributed by atoms with Crippen LogP contribution in [0.2, 0.25) is 0 Å². The summed E-state index contributed by atoms with van der Waals surface area (Å²) >= 11 is 1.97. The minimum absolute atomic E-state index is 1.09. The molecule has 1 saturated heterocycles. The van der Waals surface area contributed by atoms with E-state index >= 15 is 0 Å². The maximum atomic E-state index is 3.72. The van der Waals surface area contributed by atoms with Crippen molar-refractivity contribution in [1.82, 2.24) is 10.2 Å². The van der Waals surface area contributed by atoms with Gasteiger partial charge in [-0.05, 0) is 19.5 Å². The fraction of sp³-hybridized carbons (Fsp3) is 0.800. The summed E-state index contributed by atoms with van der Waals surface area (Å²) in [6.45, 7) is 9.78. The van der Waals surface area contributed by atoms with Crippen molar-refractivity contribution >= 4 is 11.8 Å². The summed E-state index contributed by atoms with van der Waals surface area (Å²) in [6, 6.07) is 0. The van der Waals surface area contributed by atoms with Crippen molar-refractivity contribution in [3.63, 3.8) is 0 Å². The van der Waals surface area contributed by atoms with E-state index in [1.807, 2.05) is 17.8 Å². The number of hydrogen-bond donors (Lipinski definition) is 1. The summed E-state index contributed by atoms with van der Waals surface area (Å²) in [5, 5.41) is 3.41. The molecule has 13 heavy (non-hydrogen) atoms. The number of hydrogen-bond acceptors (Lipinski definition) is 3. The van der Waals surface area contributed by atoms with Gasteiger partial charge in [-0.15, -0.1) is 6.58 Å². The van der Waals surface area contributed by atoms with Crippen molar-refractivity contribution < 1.29 is 0 Å². The molecule has 0 spiro atoms. The molecule has 3 heteroatoms. The molecule has 1 aliphatic rings. The zero-order valence-corrected chi connectivity index (χ0v) is 9.11. The normalized spacial score (nSPS) is 19.7. The molecule has 2 nitrogen and oxygen atoms in total. The lowest BCUT2D eigenvalue weighted by atomic mass is 10.4. The van der Waals surface area contributed by atoms with Crippen LogP contribution >= 0.6 is 11.8 Å². The molecule has 0 unspecified atom stereocenters. The van der Waals surface area contributed by atoms with Crippen molar-refractivity contribution in [1.29, 1.82) is 0 Å². The molecule has 0 aromatic rings. The number of nitrogens with one attached hydrogen (secondary N) is 1. The smallest absolute Gasteiger partial charge is 0.0111 e. The van der Waals surface area contributed by atoms with Gasteiger partial charge in [-0.25, -0.2) is 0 Å². The van der Waals surface area contributed by atoms with E-state index in [0.717, 1.165) is 12.3 Å². The molecule has 0 saturated carbocycles. The second kappa shape index (κ2) is 7.42. The van der Waals surface area contributed by atoms with Gasteiger partial charge >= 0.3 is 0 Å². The zero-order chi connectivity index (χ0) is 9.36. The van der Waals surface area contributed by atoms with Gasteiger partial charge < -0.3 is 10.2 Å². The zero-order valence-electron chi connectivity index (χ0n) is 8.30. The summed E-state index contributed by atoms with van der Waals surface area (Å²) < 4.78 is 0. The fourth-order valence-electron chi connectivity index (χ4n) is 1.49. The summed E-state index contributed by atoms with van der Waals surface area (Å²) in [5.41, 5.74) is 0. The molecule has 1 N–H and O–H groups in total. The van der Waals surface area contributed by atoms with Crippen LogP contribution in [0, 0.1) is 0 Å². The van der Waals surface area contributed by atoms with Crippen molar-refractivity contribution in [3.05, 3.63) is 12.7 Å². The molecule has 1 heterocycles. The lowest BCUT2D eigenvalue weighted by Crippen LogP contribution is -2.30. The van der Waals surface area contributed by atoms with Gasteiger partial charge in [-0.1, -0.05) is 6.08 Å². The van der Waals surface area contributed by atoms with Gasteiger partial charge in [0, 0.05) is 31.1 Å². The van der Waals surface area contributed by atoms with E-state index in [4.69, 9.17) is 0 Å². The third-order valence-electron chi connectivity index (χ3n) is 2.22. The molecular formula is C10H20N2S. The average molecular weight is 200 g/mol. The second-order valence-corrected chi connectivity index (χ2v) is 4.46. The Hall–Kier alpha value is 0.01000. The van der Waals surface area contributed by atoms with Crippen LogP contribution in [0.1, 0.15) is 6.42 Å². The van der Waals surface area contributed by atoms with Gasteiger partial charge in [0.2, 0.25) is 0 Å². The number of nitrogens with zero attached hydrogens (tertiary/aromatic N) is 1. The maximum absolute atomic E-state index is 3.72. The lowest BCUT2D eigenvalue weighted by Gasteiger charge is -2.18. The van der Waals surface area contributed by atoms with E-state index in [2.05, 4.69) is 16.8 Å². The third-order valence-corrected chi connectivity index (χ3v) is 3.16. The molecule has 1 rings (SSSR count). The quantitative estimate of drug-likeness (QED) is 0.530. The Morgan fingerprint density at radius 1 is 1.38 bits per heavy atom. The minimum Gasteiger partial charge on any atom is -0.315 e. The van der Waals surface area contributed by atoms with Crippen LogP contribution in [0.3, 0.4) is 0 Å². The van der Waals surface area contributed by atoms with Crippen LogP contribution in [-0.4, -0.2) is 49.1 Å². The predicted molar refractivity (Wildman–Crippen MR) is 61.4 cm³/mol. The van der Waals surface area contributed by atoms with Crippen LogP contribution in [0.25, 0.3) is 0 Å². The van der Waals surface area contributed by atoms with Crippen molar-refractivity contribution in [2.45, 2.75) is 6.42 Å². The lowest BCUT2D eigenvalue weighted by molar-refractivity contribution is 0.311. The van der Waals surface area contributed by atoms with Crippen molar-refractivity contribution in [2.24, 2.45) is 0 Å². The van der Waals surface area contributed by atoms with Crippen molar-refractivity contribution in [3.8, 4) is 0 Å². The third kappa shape index (κ3) is 5.34. The van der Waals surface area contributed by atoms with Gasteiger partial charge in [0.05, 0.1) is 0 Å². The molecule has 1 fully saturated rings. The Morgan fingerprint density at radius 2 is 2.31 bits per heavy atom. The molecule has 0 amide bonds. The monoisotopic (exact) mass is 200 g/mol. The van der Waals surface area contributed by atoms with E-state index in [0.29, 0.717) is 0 Å². The molecule has 0 aromatic carbocycles. The topological polar surface area (TPSA) is 15.3 Å². The highest BCUT2D eigenvalue weighted by Gasteiger charge is 2.06. The van der Waals surface area contributed by atoms with Crippen LogP contribution in [0.4, 0.5) is 0 Å². The number of thioether (sulfide) groups is 1. The van der Waals surface area contributed by atoms with Gasteiger partial charge in [0.1, 0.15) is 0 Å². The van der Waals surface area contributed by atoms with Crippen LogP contribution in [0.15, 0.2) is 12.7 Å². The Labute approximate surface area is 85.8 Å². The summed E-state index contributed by atoms with van der Waals surface area (Å²) in [7, 11) is 0. The van der Waals surface area contributed by atoms with Gasteiger partial charge in [-0.3, -0.25) is 0 Å². The average Bonchev–Trinajstić information content (AvgIpc) is 2.41. The SMILES string of the molecule is C=CCSCCN1CCCNCC1. The highest BCUT2D eigenvalue weighted by atomic mass is 32.2. The largest absolute Gasteiger partial charge is 0.315 e. The van der Waals surface area contributed by atoms with E-state index in [-0.39, 0.29) is 0 Å². The highest BCUT2D eigenvalue weighted by molar-refractivity contribution is 7.99.